The second kappa shape index (κ2) is 6.56. The van der Waals surface area contributed by atoms with Crippen LogP contribution in [0.15, 0.2) is 4.99 Å². The van der Waals surface area contributed by atoms with E-state index in [0.29, 0.717) is 12.0 Å². The Morgan fingerprint density at radius 2 is 2.00 bits per heavy atom. The molecule has 4 heteroatoms. The molecule has 0 rings (SSSR count). The topological polar surface area (TPSA) is 41.6 Å². The molecule has 0 aromatic rings. The molecule has 0 saturated carbocycles. The molecule has 0 aliphatic heterocycles. The van der Waals surface area contributed by atoms with Crippen LogP contribution in [0, 0.1) is 0 Å². The van der Waals surface area contributed by atoms with E-state index in [1.807, 2.05) is 19.0 Å². The Hall–Kier alpha value is -0.146. The van der Waals surface area contributed by atoms with Gasteiger partial charge in [-0.3, -0.25) is 4.99 Å². The van der Waals surface area contributed by atoms with Crippen molar-refractivity contribution in [3.05, 3.63) is 0 Å². The van der Waals surface area contributed by atoms with E-state index >= 15 is 0 Å². The normalized spacial score (nSPS) is 13.6. The first-order valence-electron chi connectivity index (χ1n) is 3.58. The fourth-order valence-corrected chi connectivity index (χ4v) is 0.433. The van der Waals surface area contributed by atoms with Crippen molar-refractivity contribution in [1.29, 1.82) is 0 Å². The maximum atomic E-state index is 5.57. The summed E-state index contributed by atoms with van der Waals surface area (Å²) in [6.45, 7) is 4.15. The summed E-state index contributed by atoms with van der Waals surface area (Å²) in [5.74, 6) is 0.606. The van der Waals surface area contributed by atoms with E-state index in [1.54, 1.807) is 0 Å². The molecule has 0 aliphatic carbocycles. The molecule has 0 spiro atoms. The van der Waals surface area contributed by atoms with Crippen molar-refractivity contribution in [3.8, 4) is 0 Å². The van der Waals surface area contributed by atoms with Crippen molar-refractivity contribution in [2.75, 3.05) is 14.1 Å². The average Bonchev–Trinajstić information content (AvgIpc) is 1.87. The summed E-state index contributed by atoms with van der Waals surface area (Å²) in [4.78, 5) is 6.03. The van der Waals surface area contributed by atoms with Gasteiger partial charge >= 0.3 is 0 Å². The summed E-state index contributed by atoms with van der Waals surface area (Å²) in [5.41, 5.74) is 5.57. The van der Waals surface area contributed by atoms with E-state index < -0.39 is 0 Å². The Labute approximate surface area is 80.9 Å². The van der Waals surface area contributed by atoms with Gasteiger partial charge in [-0.2, -0.15) is 0 Å². The zero-order valence-corrected chi connectivity index (χ0v) is 9.10. The second-order valence-corrected chi connectivity index (χ2v) is 2.64. The molecule has 0 bridgehead atoms. The van der Waals surface area contributed by atoms with Gasteiger partial charge in [0.25, 0.3) is 0 Å². The number of aliphatic imine (C=N–C) groups is 1. The van der Waals surface area contributed by atoms with Gasteiger partial charge in [-0.25, -0.2) is 0 Å². The van der Waals surface area contributed by atoms with Crippen LogP contribution < -0.4 is 5.73 Å². The standard InChI is InChI=1S/C7H17N3.V/c1-5-6(2)9-7(8)10(3)4;/h6H,5H2,1-4H3,(H2,8,9);. The molecule has 0 amide bonds. The van der Waals surface area contributed by atoms with Crippen LogP contribution >= 0.6 is 0 Å². The predicted octanol–water partition coefficient (Wildman–Crippen LogP) is 0.659. The Balaban J connectivity index is 0. The van der Waals surface area contributed by atoms with Crippen LogP contribution in [0.4, 0.5) is 0 Å². The van der Waals surface area contributed by atoms with E-state index in [9.17, 15) is 0 Å². The summed E-state index contributed by atoms with van der Waals surface area (Å²) < 4.78 is 0. The van der Waals surface area contributed by atoms with Gasteiger partial charge in [0.15, 0.2) is 5.96 Å². The molecule has 3 nitrogen and oxygen atoms in total. The first kappa shape index (κ1) is 13.4. The van der Waals surface area contributed by atoms with E-state index in [0.717, 1.165) is 6.42 Å². The smallest absolute Gasteiger partial charge is 0.190 e. The maximum absolute atomic E-state index is 5.57. The molecule has 0 saturated heterocycles. The first-order valence-corrected chi connectivity index (χ1v) is 3.58. The van der Waals surface area contributed by atoms with E-state index in [-0.39, 0.29) is 18.6 Å². The molecule has 0 fully saturated rings. The minimum Gasteiger partial charge on any atom is -0.370 e. The number of hydrogen-bond donors (Lipinski definition) is 1. The van der Waals surface area contributed by atoms with Crippen molar-refractivity contribution in [1.82, 2.24) is 4.90 Å². The van der Waals surface area contributed by atoms with E-state index in [2.05, 4.69) is 18.8 Å². The minimum atomic E-state index is 0. The summed E-state index contributed by atoms with van der Waals surface area (Å²) in [5, 5.41) is 0. The fourth-order valence-electron chi connectivity index (χ4n) is 0.433. The van der Waals surface area contributed by atoms with Crippen LogP contribution in [-0.4, -0.2) is 31.0 Å². The summed E-state index contributed by atoms with van der Waals surface area (Å²) >= 11 is 0. The van der Waals surface area contributed by atoms with Gasteiger partial charge in [-0.1, -0.05) is 6.92 Å². The van der Waals surface area contributed by atoms with Crippen molar-refractivity contribution in [2.45, 2.75) is 26.3 Å². The average molecular weight is 194 g/mol. The zero-order valence-electron chi connectivity index (χ0n) is 7.70. The molecule has 1 radical (unpaired) electrons. The third-order valence-corrected chi connectivity index (χ3v) is 1.40. The molecule has 11 heavy (non-hydrogen) atoms. The van der Waals surface area contributed by atoms with Crippen molar-refractivity contribution < 1.29 is 18.6 Å². The molecule has 1 unspecified atom stereocenters. The van der Waals surface area contributed by atoms with Gasteiger partial charge in [0, 0.05) is 32.7 Å². The van der Waals surface area contributed by atoms with Crippen LogP contribution in [0.3, 0.4) is 0 Å². The largest absolute Gasteiger partial charge is 0.370 e. The molecule has 2 N–H and O–H groups in total. The van der Waals surface area contributed by atoms with E-state index in [4.69, 9.17) is 5.73 Å². The van der Waals surface area contributed by atoms with Crippen molar-refractivity contribution >= 4 is 5.96 Å². The molecule has 0 heterocycles. The van der Waals surface area contributed by atoms with E-state index in [1.165, 1.54) is 0 Å². The van der Waals surface area contributed by atoms with Crippen LogP contribution in [0.2, 0.25) is 0 Å². The Kier molecular flexibility index (Phi) is 8.01. The van der Waals surface area contributed by atoms with Crippen molar-refractivity contribution in [2.24, 2.45) is 10.7 Å². The van der Waals surface area contributed by atoms with Crippen molar-refractivity contribution in [3.63, 3.8) is 0 Å². The van der Waals surface area contributed by atoms with Crippen LogP contribution in [-0.2, 0) is 18.6 Å². The second-order valence-electron chi connectivity index (χ2n) is 2.64. The maximum Gasteiger partial charge on any atom is 0.190 e. The monoisotopic (exact) mass is 194 g/mol. The molecule has 1 atom stereocenters. The number of nitrogens with two attached hydrogens (primary N) is 1. The van der Waals surface area contributed by atoms with Crippen LogP contribution in [0.25, 0.3) is 0 Å². The first-order chi connectivity index (χ1) is 4.57. The van der Waals surface area contributed by atoms with Crippen LogP contribution in [0.1, 0.15) is 20.3 Å². The van der Waals surface area contributed by atoms with Crippen LogP contribution in [0.5, 0.6) is 0 Å². The molecule has 0 aromatic heterocycles. The number of rotatable bonds is 2. The molecule has 0 aromatic carbocycles. The quantitative estimate of drug-likeness (QED) is 0.518. The Morgan fingerprint density at radius 3 is 2.27 bits per heavy atom. The summed E-state index contributed by atoms with van der Waals surface area (Å²) in [6, 6.07) is 0.336. The third-order valence-electron chi connectivity index (χ3n) is 1.40. The van der Waals surface area contributed by atoms with Gasteiger partial charge in [-0.15, -0.1) is 0 Å². The SMILES string of the molecule is CCC(C)N=C(N)N(C)C.[V]. The molecular formula is C7H17N3V. The predicted molar refractivity (Wildman–Crippen MR) is 45.1 cm³/mol. The molecule has 65 valence electrons. The molecular weight excluding hydrogens is 177 g/mol. The Bertz CT molecular complexity index is 123. The van der Waals surface area contributed by atoms with Gasteiger partial charge in [0.05, 0.1) is 6.04 Å². The summed E-state index contributed by atoms with van der Waals surface area (Å²) in [6.07, 6.45) is 1.04. The molecule has 0 aliphatic rings. The van der Waals surface area contributed by atoms with Gasteiger partial charge < -0.3 is 10.6 Å². The van der Waals surface area contributed by atoms with Gasteiger partial charge in [-0.05, 0) is 13.3 Å². The number of guanidine groups is 1. The zero-order chi connectivity index (χ0) is 8.15. The third kappa shape index (κ3) is 6.26. The number of hydrogen-bond acceptors (Lipinski definition) is 1. The van der Waals surface area contributed by atoms with Gasteiger partial charge in [0.2, 0.25) is 0 Å². The summed E-state index contributed by atoms with van der Waals surface area (Å²) in [7, 11) is 3.78. The minimum absolute atomic E-state index is 0. The Morgan fingerprint density at radius 1 is 1.55 bits per heavy atom. The fraction of sp³-hybridized carbons (Fsp3) is 0.857. The number of nitrogens with zero attached hydrogens (tertiary/aromatic N) is 2. The van der Waals surface area contributed by atoms with Gasteiger partial charge in [0.1, 0.15) is 0 Å².